The van der Waals surface area contributed by atoms with Crippen molar-refractivity contribution < 1.29 is 0 Å². The zero-order valence-corrected chi connectivity index (χ0v) is 14.1. The summed E-state index contributed by atoms with van der Waals surface area (Å²) < 4.78 is 0.638. The summed E-state index contributed by atoms with van der Waals surface area (Å²) in [5, 5.41) is 0. The zero-order valence-electron chi connectivity index (χ0n) is 11.6. The lowest BCUT2D eigenvalue weighted by atomic mass is 9.83. The molecule has 2 rings (SSSR count). The molecular weight excluding hydrogens is 276 g/mol. The van der Waals surface area contributed by atoms with Crippen LogP contribution in [0.2, 0.25) is 0 Å². The van der Waals surface area contributed by atoms with E-state index >= 15 is 0 Å². The van der Waals surface area contributed by atoms with Crippen molar-refractivity contribution in [2.24, 2.45) is 11.3 Å². The van der Waals surface area contributed by atoms with Crippen LogP contribution in [-0.2, 0) is 0 Å². The van der Waals surface area contributed by atoms with Gasteiger partial charge in [-0.3, -0.25) is 0 Å². The average molecular weight is 299 g/mol. The maximum absolute atomic E-state index is 2.37. The molecule has 0 saturated carbocycles. The standard InChI is InChI=1S/C15H22S3/c1-15(2,3)12-9-17-14(18-10-12)11-5-7-13(16-4)8-6-11/h5-8,12,14H,9-10H2,1-4H3. The van der Waals surface area contributed by atoms with Gasteiger partial charge in [0.25, 0.3) is 0 Å². The SMILES string of the molecule is CSc1ccc(C2SCC(C(C)(C)C)CS2)cc1. The van der Waals surface area contributed by atoms with Crippen LogP contribution in [0, 0.1) is 11.3 Å². The van der Waals surface area contributed by atoms with Gasteiger partial charge in [0, 0.05) is 4.90 Å². The Kier molecular flexibility index (Phi) is 5.01. The second-order valence-corrected chi connectivity index (χ2v) is 9.29. The second-order valence-electron chi connectivity index (χ2n) is 5.83. The minimum Gasteiger partial charge on any atom is -0.142 e. The van der Waals surface area contributed by atoms with Crippen LogP contribution >= 0.6 is 35.3 Å². The Morgan fingerprint density at radius 1 is 1.06 bits per heavy atom. The van der Waals surface area contributed by atoms with Gasteiger partial charge in [0.1, 0.15) is 0 Å². The fourth-order valence-electron chi connectivity index (χ4n) is 1.96. The molecule has 0 aromatic heterocycles. The first kappa shape index (κ1) is 14.7. The molecule has 0 nitrogen and oxygen atoms in total. The molecule has 0 atom stereocenters. The van der Waals surface area contributed by atoms with Crippen LogP contribution in [0.25, 0.3) is 0 Å². The summed E-state index contributed by atoms with van der Waals surface area (Å²) in [7, 11) is 0. The Balaban J connectivity index is 1.96. The molecule has 0 radical (unpaired) electrons. The summed E-state index contributed by atoms with van der Waals surface area (Å²) in [6, 6.07) is 9.09. The topological polar surface area (TPSA) is 0 Å². The third-order valence-corrected chi connectivity index (χ3v) is 7.41. The first-order valence-corrected chi connectivity index (χ1v) is 9.70. The molecule has 1 fully saturated rings. The van der Waals surface area contributed by atoms with Crippen LogP contribution in [0.3, 0.4) is 0 Å². The van der Waals surface area contributed by atoms with Crippen molar-refractivity contribution in [2.45, 2.75) is 30.2 Å². The highest BCUT2D eigenvalue weighted by atomic mass is 32.2. The molecule has 0 amide bonds. The van der Waals surface area contributed by atoms with E-state index in [1.165, 1.54) is 22.0 Å². The number of rotatable bonds is 2. The first-order chi connectivity index (χ1) is 8.50. The van der Waals surface area contributed by atoms with Crippen LogP contribution in [-0.4, -0.2) is 17.8 Å². The maximum atomic E-state index is 2.37. The number of hydrogen-bond acceptors (Lipinski definition) is 3. The summed E-state index contributed by atoms with van der Waals surface area (Å²) in [5.74, 6) is 3.44. The molecule has 0 N–H and O–H groups in total. The van der Waals surface area contributed by atoms with Crippen molar-refractivity contribution in [3.05, 3.63) is 29.8 Å². The first-order valence-electron chi connectivity index (χ1n) is 6.38. The molecule has 1 aliphatic rings. The molecule has 0 aliphatic carbocycles. The molecule has 1 aromatic rings. The third-order valence-electron chi connectivity index (χ3n) is 3.51. The zero-order chi connectivity index (χ0) is 13.2. The van der Waals surface area contributed by atoms with E-state index in [9.17, 15) is 0 Å². The van der Waals surface area contributed by atoms with Crippen LogP contribution in [0.4, 0.5) is 0 Å². The summed E-state index contributed by atoms with van der Waals surface area (Å²) in [6.07, 6.45) is 2.13. The quantitative estimate of drug-likeness (QED) is 0.657. The van der Waals surface area contributed by atoms with Gasteiger partial charge in [-0.05, 0) is 46.8 Å². The summed E-state index contributed by atoms with van der Waals surface area (Å²) in [5.41, 5.74) is 1.93. The number of hydrogen-bond donors (Lipinski definition) is 0. The number of thioether (sulfide) groups is 3. The van der Waals surface area contributed by atoms with E-state index < -0.39 is 0 Å². The van der Waals surface area contributed by atoms with Crippen molar-refractivity contribution in [3.63, 3.8) is 0 Å². The van der Waals surface area contributed by atoms with Gasteiger partial charge in [-0.25, -0.2) is 0 Å². The van der Waals surface area contributed by atoms with Crippen molar-refractivity contribution in [2.75, 3.05) is 17.8 Å². The van der Waals surface area contributed by atoms with Crippen molar-refractivity contribution >= 4 is 35.3 Å². The van der Waals surface area contributed by atoms with Gasteiger partial charge in [-0.15, -0.1) is 35.3 Å². The average Bonchev–Trinajstić information content (AvgIpc) is 2.38. The maximum Gasteiger partial charge on any atom is 0.0751 e. The van der Waals surface area contributed by atoms with Crippen LogP contribution in [0.5, 0.6) is 0 Å². The summed E-state index contributed by atoms with van der Waals surface area (Å²) >= 11 is 6.06. The van der Waals surface area contributed by atoms with Crippen molar-refractivity contribution in [1.82, 2.24) is 0 Å². The molecule has 100 valence electrons. The highest BCUT2D eigenvalue weighted by Gasteiger charge is 2.31. The predicted molar refractivity (Wildman–Crippen MR) is 88.8 cm³/mol. The molecule has 0 spiro atoms. The van der Waals surface area contributed by atoms with Crippen LogP contribution in [0.15, 0.2) is 29.2 Å². The van der Waals surface area contributed by atoms with Crippen molar-refractivity contribution in [1.29, 1.82) is 0 Å². The molecule has 18 heavy (non-hydrogen) atoms. The minimum atomic E-state index is 0.452. The third kappa shape index (κ3) is 3.64. The van der Waals surface area contributed by atoms with Gasteiger partial charge in [0.15, 0.2) is 0 Å². The Morgan fingerprint density at radius 2 is 1.61 bits per heavy atom. The summed E-state index contributed by atoms with van der Waals surface area (Å²) in [4.78, 5) is 1.36. The fourth-order valence-corrected chi connectivity index (χ4v) is 6.12. The normalized spacial score (nSPS) is 25.1. The monoisotopic (exact) mass is 298 g/mol. The predicted octanol–water partition coefficient (Wildman–Crippen LogP) is 5.55. The van der Waals surface area contributed by atoms with Gasteiger partial charge in [-0.1, -0.05) is 32.9 Å². The van der Waals surface area contributed by atoms with E-state index in [0.29, 0.717) is 10.00 Å². The lowest BCUT2D eigenvalue weighted by Crippen LogP contribution is -2.27. The van der Waals surface area contributed by atoms with Gasteiger partial charge in [0.05, 0.1) is 4.58 Å². The van der Waals surface area contributed by atoms with E-state index in [4.69, 9.17) is 0 Å². The fraction of sp³-hybridized carbons (Fsp3) is 0.600. The molecule has 3 heteroatoms. The molecule has 1 aromatic carbocycles. The molecule has 1 aliphatic heterocycles. The molecule has 0 bridgehead atoms. The molecular formula is C15H22S3. The lowest BCUT2D eigenvalue weighted by Gasteiger charge is -2.36. The van der Waals surface area contributed by atoms with Gasteiger partial charge in [0.2, 0.25) is 0 Å². The Bertz CT molecular complexity index is 370. The van der Waals surface area contributed by atoms with Crippen LogP contribution < -0.4 is 0 Å². The minimum absolute atomic E-state index is 0.452. The van der Waals surface area contributed by atoms with Gasteiger partial charge in [-0.2, -0.15) is 0 Å². The van der Waals surface area contributed by atoms with E-state index in [0.717, 1.165) is 5.92 Å². The molecule has 0 unspecified atom stereocenters. The molecule has 1 heterocycles. The van der Waals surface area contributed by atoms with E-state index in [1.54, 1.807) is 0 Å². The highest BCUT2D eigenvalue weighted by molar-refractivity contribution is 8.16. The van der Waals surface area contributed by atoms with E-state index in [1.807, 2.05) is 11.8 Å². The highest BCUT2D eigenvalue weighted by Crippen LogP contribution is 2.49. The Morgan fingerprint density at radius 3 is 2.06 bits per heavy atom. The van der Waals surface area contributed by atoms with Gasteiger partial charge >= 0.3 is 0 Å². The number of benzene rings is 1. The van der Waals surface area contributed by atoms with Gasteiger partial charge < -0.3 is 0 Å². The van der Waals surface area contributed by atoms with Crippen molar-refractivity contribution in [3.8, 4) is 0 Å². The smallest absolute Gasteiger partial charge is 0.0751 e. The summed E-state index contributed by atoms with van der Waals surface area (Å²) in [6.45, 7) is 7.10. The van der Waals surface area contributed by atoms with E-state index in [-0.39, 0.29) is 0 Å². The van der Waals surface area contributed by atoms with Crippen LogP contribution in [0.1, 0.15) is 30.9 Å². The Labute approximate surface area is 124 Å². The van der Waals surface area contributed by atoms with E-state index in [2.05, 4.69) is 74.8 Å². The Hall–Kier alpha value is 0.270. The lowest BCUT2D eigenvalue weighted by molar-refractivity contribution is 0.292. The second kappa shape index (κ2) is 6.15. The molecule has 1 saturated heterocycles. The largest absolute Gasteiger partial charge is 0.142 e.